The molecule has 2 unspecified atom stereocenters. The van der Waals surface area contributed by atoms with Gasteiger partial charge in [0.15, 0.2) is 10.9 Å². The summed E-state index contributed by atoms with van der Waals surface area (Å²) in [6, 6.07) is 0.0363. The van der Waals surface area contributed by atoms with Gasteiger partial charge >= 0.3 is 0 Å². The molecule has 4 nitrogen and oxygen atoms in total. The third kappa shape index (κ3) is 3.03. The Labute approximate surface area is 118 Å². The molecule has 2 rings (SSSR count). The molecule has 0 aromatic carbocycles. The first-order valence-electron chi connectivity index (χ1n) is 7.05. The molecule has 0 radical (unpaired) electrons. The Morgan fingerprint density at radius 2 is 1.89 bits per heavy atom. The zero-order valence-electron chi connectivity index (χ0n) is 12.3. The van der Waals surface area contributed by atoms with Gasteiger partial charge in [-0.2, -0.15) is 10.9 Å². The summed E-state index contributed by atoms with van der Waals surface area (Å²) in [6.45, 7) is 5.87. The average molecular weight is 286 g/mol. The van der Waals surface area contributed by atoms with Crippen LogP contribution in [-0.2, 0) is 9.59 Å². The van der Waals surface area contributed by atoms with Gasteiger partial charge in [0.05, 0.1) is 12.1 Å². The van der Waals surface area contributed by atoms with Crippen molar-refractivity contribution < 1.29 is 9.59 Å². The van der Waals surface area contributed by atoms with Crippen molar-refractivity contribution in [3.05, 3.63) is 0 Å². The molecule has 0 spiro atoms. The highest BCUT2D eigenvalue weighted by molar-refractivity contribution is 8.28. The first-order chi connectivity index (χ1) is 8.83. The van der Waals surface area contributed by atoms with Crippen LogP contribution in [0.5, 0.6) is 0 Å². The van der Waals surface area contributed by atoms with Crippen LogP contribution in [0, 0.1) is 11.3 Å². The lowest BCUT2D eigenvalue weighted by atomic mass is 9.71. The summed E-state index contributed by atoms with van der Waals surface area (Å²) < 4.78 is 0. The van der Waals surface area contributed by atoms with Gasteiger partial charge in [-0.25, -0.2) is 0 Å². The van der Waals surface area contributed by atoms with Crippen LogP contribution in [-0.4, -0.2) is 48.6 Å². The summed E-state index contributed by atoms with van der Waals surface area (Å²) in [7, 11) is -0.542. The molecule has 19 heavy (non-hydrogen) atoms. The van der Waals surface area contributed by atoms with E-state index in [-0.39, 0.29) is 17.5 Å². The van der Waals surface area contributed by atoms with Crippen LogP contribution >= 0.6 is 10.9 Å². The van der Waals surface area contributed by atoms with Crippen LogP contribution in [0.3, 0.4) is 0 Å². The average Bonchev–Trinajstić information content (AvgIpc) is 2.22. The van der Waals surface area contributed by atoms with Crippen LogP contribution in [0.15, 0.2) is 0 Å². The van der Waals surface area contributed by atoms with Gasteiger partial charge in [0.2, 0.25) is 0 Å². The zero-order valence-corrected chi connectivity index (χ0v) is 13.2. The molecule has 2 aliphatic rings. The number of hydrogen-bond acceptors (Lipinski definition) is 4. The molecular formula is C14H26N2O2S. The first-order valence-corrected chi connectivity index (χ1v) is 9.29. The molecule has 0 amide bonds. The highest BCUT2D eigenvalue weighted by atomic mass is 32.2. The first kappa shape index (κ1) is 15.0. The highest BCUT2D eigenvalue weighted by Gasteiger charge is 2.44. The van der Waals surface area contributed by atoms with E-state index in [1.807, 2.05) is 26.4 Å². The molecule has 2 heterocycles. The van der Waals surface area contributed by atoms with E-state index in [9.17, 15) is 9.59 Å². The van der Waals surface area contributed by atoms with E-state index >= 15 is 0 Å². The second-order valence-electron chi connectivity index (χ2n) is 6.63. The van der Waals surface area contributed by atoms with Crippen molar-refractivity contribution in [1.29, 1.82) is 0 Å². The van der Waals surface area contributed by atoms with E-state index in [2.05, 4.69) is 10.6 Å². The second-order valence-corrected chi connectivity index (χ2v) is 8.86. The third-order valence-corrected chi connectivity index (χ3v) is 5.52. The minimum absolute atomic E-state index is 0.0115. The lowest BCUT2D eigenvalue weighted by Crippen LogP contribution is -2.60. The van der Waals surface area contributed by atoms with Gasteiger partial charge in [-0.3, -0.25) is 9.59 Å². The monoisotopic (exact) mass is 286 g/mol. The van der Waals surface area contributed by atoms with Crippen molar-refractivity contribution in [2.75, 3.05) is 25.6 Å². The molecule has 110 valence electrons. The Morgan fingerprint density at radius 1 is 1.26 bits per heavy atom. The quantitative estimate of drug-likeness (QED) is 0.652. The van der Waals surface area contributed by atoms with Crippen molar-refractivity contribution in [3.8, 4) is 0 Å². The second kappa shape index (κ2) is 5.54. The van der Waals surface area contributed by atoms with E-state index in [0.29, 0.717) is 16.8 Å². The van der Waals surface area contributed by atoms with Gasteiger partial charge in [0.25, 0.3) is 0 Å². The van der Waals surface area contributed by atoms with E-state index < -0.39 is 10.9 Å². The molecule has 2 N–H and O–H groups in total. The Morgan fingerprint density at radius 3 is 2.26 bits per heavy atom. The molecule has 3 atom stereocenters. The minimum Gasteiger partial charge on any atom is -0.307 e. The number of rotatable bonds is 5. The zero-order chi connectivity index (χ0) is 14.2. The number of nitrogens with one attached hydrogen (secondary N) is 2. The summed E-state index contributed by atoms with van der Waals surface area (Å²) in [5, 5.41) is 6.76. The van der Waals surface area contributed by atoms with E-state index in [1.165, 1.54) is 0 Å². The van der Waals surface area contributed by atoms with Crippen LogP contribution in [0.2, 0.25) is 0 Å². The van der Waals surface area contributed by atoms with Crippen molar-refractivity contribution in [2.45, 2.75) is 38.8 Å². The molecule has 2 aliphatic heterocycles. The van der Waals surface area contributed by atoms with Crippen LogP contribution in [0.1, 0.15) is 26.7 Å². The number of thiol groups is 1. The number of hydrogen-bond donors (Lipinski definition) is 3. The fourth-order valence-corrected chi connectivity index (χ4v) is 3.76. The van der Waals surface area contributed by atoms with Crippen molar-refractivity contribution in [3.63, 3.8) is 0 Å². The van der Waals surface area contributed by atoms with Crippen molar-refractivity contribution in [2.24, 2.45) is 11.3 Å². The normalized spacial score (nSPS) is 31.2. The third-order valence-electron chi connectivity index (χ3n) is 4.36. The maximum Gasteiger partial charge on any atom is 0.186 e. The molecule has 5 heteroatoms. The Balaban J connectivity index is 1.92. The van der Waals surface area contributed by atoms with Crippen LogP contribution < -0.4 is 10.6 Å². The van der Waals surface area contributed by atoms with Crippen LogP contribution in [0.4, 0.5) is 0 Å². The fraction of sp³-hybridized carbons (Fsp3) is 0.857. The standard InChI is InChI=1S/C14H26N2O2S/c1-14(2,12(17)10-5-6-15-10)7-9-8-16-11(9)13(18)19(3)4/h9-11,15-16,19H,5-8H2,1-4H3/t9?,10?,11-/m1/s1. The molecule has 0 aromatic rings. The number of Topliss-reactive ketones (excluding diaryl/α,β-unsaturated/α-hetero) is 1. The van der Waals surface area contributed by atoms with Gasteiger partial charge in [-0.1, -0.05) is 13.8 Å². The summed E-state index contributed by atoms with van der Waals surface area (Å²) in [5.41, 5.74) is -0.326. The predicted molar refractivity (Wildman–Crippen MR) is 80.9 cm³/mol. The van der Waals surface area contributed by atoms with Crippen LogP contribution in [0.25, 0.3) is 0 Å². The molecule has 0 saturated carbocycles. The Bertz CT molecular complexity index is 378. The summed E-state index contributed by atoms with van der Waals surface area (Å²) in [6.07, 6.45) is 5.78. The molecular weight excluding hydrogens is 260 g/mol. The molecule has 2 fully saturated rings. The molecule has 2 saturated heterocycles. The summed E-state index contributed by atoms with van der Waals surface area (Å²) in [5.74, 6) is 0.642. The number of carbonyl (C=O) groups is 2. The maximum absolute atomic E-state index is 12.4. The van der Waals surface area contributed by atoms with Crippen molar-refractivity contribution >= 4 is 21.8 Å². The van der Waals surface area contributed by atoms with E-state index in [0.717, 1.165) is 25.9 Å². The Kier molecular flexibility index (Phi) is 4.38. The SMILES string of the molecule is C[SH](C)C(=O)[C@@H]1NCC1CC(C)(C)C(=O)C1CCN1. The lowest BCUT2D eigenvalue weighted by Gasteiger charge is -2.43. The van der Waals surface area contributed by atoms with E-state index in [4.69, 9.17) is 0 Å². The van der Waals surface area contributed by atoms with Gasteiger partial charge in [-0.15, -0.1) is 0 Å². The highest BCUT2D eigenvalue weighted by Crippen LogP contribution is 2.36. The Hall–Kier alpha value is -0.390. The molecule has 0 aliphatic carbocycles. The smallest absolute Gasteiger partial charge is 0.186 e. The topological polar surface area (TPSA) is 58.2 Å². The maximum atomic E-state index is 12.4. The fourth-order valence-electron chi connectivity index (χ4n) is 2.90. The van der Waals surface area contributed by atoms with Gasteiger partial charge in [0, 0.05) is 12.0 Å². The predicted octanol–water partition coefficient (Wildman–Crippen LogP) is 0.709. The van der Waals surface area contributed by atoms with Gasteiger partial charge in [-0.05, 0) is 37.8 Å². The number of carbonyl (C=O) groups excluding carboxylic acids is 2. The van der Waals surface area contributed by atoms with Gasteiger partial charge < -0.3 is 10.6 Å². The lowest BCUT2D eigenvalue weighted by molar-refractivity contribution is -0.133. The summed E-state index contributed by atoms with van der Waals surface area (Å²) >= 11 is 0. The largest absolute Gasteiger partial charge is 0.307 e. The molecule has 0 aromatic heterocycles. The van der Waals surface area contributed by atoms with Gasteiger partial charge in [0.1, 0.15) is 0 Å². The van der Waals surface area contributed by atoms with Crippen molar-refractivity contribution in [1.82, 2.24) is 10.6 Å². The minimum atomic E-state index is -0.542. The summed E-state index contributed by atoms with van der Waals surface area (Å²) in [4.78, 5) is 24.4. The molecule has 0 bridgehead atoms. The van der Waals surface area contributed by atoms with E-state index in [1.54, 1.807) is 0 Å². The number of ketones is 1.